The molecule has 2 nitrogen and oxygen atoms in total. The molecule has 2 aromatic carbocycles. The summed E-state index contributed by atoms with van der Waals surface area (Å²) in [6.45, 7) is 5.44. The van der Waals surface area contributed by atoms with Crippen molar-refractivity contribution in [3.8, 4) is 0 Å². The number of carbonyl (C=O) groups excluding carboxylic acids is 1. The Kier molecular flexibility index (Phi) is 3.58. The molecule has 0 unspecified atom stereocenters. The number of carbonyl (C=O) groups is 1. The molecule has 2 rings (SSSR count). The number of rotatable bonds is 3. The summed E-state index contributed by atoms with van der Waals surface area (Å²) in [4.78, 5) is 12.2. The Labute approximate surface area is 107 Å². The van der Waals surface area contributed by atoms with Crippen LogP contribution < -0.4 is 5.32 Å². The molecule has 0 fully saturated rings. The molecule has 0 bridgehead atoms. The highest BCUT2D eigenvalue weighted by molar-refractivity contribution is 6.07. The van der Waals surface area contributed by atoms with E-state index in [0.717, 1.165) is 16.5 Å². The average molecular weight is 237 g/mol. The third-order valence-electron chi connectivity index (χ3n) is 2.71. The number of benzene rings is 2. The van der Waals surface area contributed by atoms with Crippen molar-refractivity contribution in [2.45, 2.75) is 6.92 Å². The summed E-state index contributed by atoms with van der Waals surface area (Å²) in [7, 11) is 0. The fraction of sp³-hybridized carbons (Fsp3) is 0.0625. The molecule has 0 aliphatic carbocycles. The lowest BCUT2D eigenvalue weighted by atomic mass is 10.0. The van der Waals surface area contributed by atoms with Crippen LogP contribution in [0, 0.1) is 0 Å². The van der Waals surface area contributed by atoms with Crippen molar-refractivity contribution in [3.63, 3.8) is 0 Å². The van der Waals surface area contributed by atoms with Crippen molar-refractivity contribution in [1.82, 2.24) is 5.32 Å². The summed E-state index contributed by atoms with van der Waals surface area (Å²) in [6, 6.07) is 13.6. The molecule has 18 heavy (non-hydrogen) atoms. The van der Waals surface area contributed by atoms with Gasteiger partial charge in [0.2, 0.25) is 0 Å². The number of fused-ring (bicyclic) bond motifs is 1. The van der Waals surface area contributed by atoms with Gasteiger partial charge in [-0.15, -0.1) is 0 Å². The van der Waals surface area contributed by atoms with E-state index < -0.39 is 0 Å². The standard InChI is InChI=1S/C16H15NO/c1-3-7-12(2)17-16(18)15-11-6-9-13-8-4-5-10-14(13)15/h3-11H,1H2,2H3,(H,17,18)/b12-7+. The van der Waals surface area contributed by atoms with Gasteiger partial charge in [-0.05, 0) is 29.8 Å². The van der Waals surface area contributed by atoms with E-state index in [9.17, 15) is 4.79 Å². The number of nitrogens with one attached hydrogen (secondary N) is 1. The maximum Gasteiger partial charge on any atom is 0.256 e. The lowest BCUT2D eigenvalue weighted by Crippen LogP contribution is -2.21. The molecule has 0 spiro atoms. The molecule has 2 aromatic rings. The van der Waals surface area contributed by atoms with Crippen molar-refractivity contribution < 1.29 is 4.79 Å². The Hall–Kier alpha value is -2.35. The van der Waals surface area contributed by atoms with Crippen molar-refractivity contribution in [3.05, 3.63) is 72.5 Å². The molecule has 0 aromatic heterocycles. The summed E-state index contributed by atoms with van der Waals surface area (Å²) < 4.78 is 0. The van der Waals surface area contributed by atoms with Gasteiger partial charge in [-0.2, -0.15) is 0 Å². The van der Waals surface area contributed by atoms with E-state index in [-0.39, 0.29) is 5.91 Å². The van der Waals surface area contributed by atoms with E-state index >= 15 is 0 Å². The second-order valence-corrected chi connectivity index (χ2v) is 4.07. The van der Waals surface area contributed by atoms with E-state index in [4.69, 9.17) is 0 Å². The van der Waals surface area contributed by atoms with Gasteiger partial charge < -0.3 is 5.32 Å². The minimum Gasteiger partial charge on any atom is -0.326 e. The Balaban J connectivity index is 2.39. The smallest absolute Gasteiger partial charge is 0.256 e. The van der Waals surface area contributed by atoms with Crippen molar-refractivity contribution in [2.24, 2.45) is 0 Å². The van der Waals surface area contributed by atoms with Crippen molar-refractivity contribution in [2.75, 3.05) is 0 Å². The Morgan fingerprint density at radius 1 is 1.17 bits per heavy atom. The minimum atomic E-state index is -0.0950. The number of hydrogen-bond acceptors (Lipinski definition) is 1. The SMILES string of the molecule is C=C/C=C(\C)NC(=O)c1cccc2ccccc12. The van der Waals surface area contributed by atoms with Gasteiger partial charge in [0.1, 0.15) is 0 Å². The van der Waals surface area contributed by atoms with Crippen LogP contribution >= 0.6 is 0 Å². The third kappa shape index (κ3) is 2.48. The first-order valence-electron chi connectivity index (χ1n) is 5.81. The second kappa shape index (κ2) is 5.32. The zero-order valence-corrected chi connectivity index (χ0v) is 10.3. The van der Waals surface area contributed by atoms with Gasteiger partial charge in [0, 0.05) is 11.3 Å². The topological polar surface area (TPSA) is 29.1 Å². The lowest BCUT2D eigenvalue weighted by molar-refractivity contribution is 0.0967. The van der Waals surface area contributed by atoms with Crippen LogP contribution in [0.1, 0.15) is 17.3 Å². The average Bonchev–Trinajstić information content (AvgIpc) is 2.38. The van der Waals surface area contributed by atoms with Crippen LogP contribution in [-0.2, 0) is 0 Å². The first-order chi connectivity index (χ1) is 8.72. The zero-order valence-electron chi connectivity index (χ0n) is 10.3. The molecule has 0 heterocycles. The minimum absolute atomic E-state index is 0.0950. The highest BCUT2D eigenvalue weighted by Crippen LogP contribution is 2.18. The third-order valence-corrected chi connectivity index (χ3v) is 2.71. The van der Waals surface area contributed by atoms with E-state index in [0.29, 0.717) is 5.56 Å². The second-order valence-electron chi connectivity index (χ2n) is 4.07. The van der Waals surface area contributed by atoms with Gasteiger partial charge >= 0.3 is 0 Å². The van der Waals surface area contributed by atoms with Gasteiger partial charge in [-0.3, -0.25) is 4.79 Å². The predicted molar refractivity (Wildman–Crippen MR) is 75.4 cm³/mol. The maximum atomic E-state index is 12.2. The maximum absolute atomic E-state index is 12.2. The molecular formula is C16H15NO. The van der Waals surface area contributed by atoms with Gasteiger partial charge in [0.25, 0.3) is 5.91 Å². The molecule has 2 heteroatoms. The first kappa shape index (κ1) is 12.1. The molecule has 0 aliphatic rings. The highest BCUT2D eigenvalue weighted by atomic mass is 16.1. The molecule has 0 aliphatic heterocycles. The largest absolute Gasteiger partial charge is 0.326 e. The van der Waals surface area contributed by atoms with Gasteiger partial charge in [-0.1, -0.05) is 49.1 Å². The fourth-order valence-electron chi connectivity index (χ4n) is 1.89. The van der Waals surface area contributed by atoms with E-state index in [1.807, 2.05) is 49.4 Å². The molecule has 1 N–H and O–H groups in total. The number of amides is 1. The number of hydrogen-bond donors (Lipinski definition) is 1. The highest BCUT2D eigenvalue weighted by Gasteiger charge is 2.08. The van der Waals surface area contributed by atoms with E-state index in [1.54, 1.807) is 12.2 Å². The Morgan fingerprint density at radius 2 is 1.89 bits per heavy atom. The van der Waals surface area contributed by atoms with E-state index in [2.05, 4.69) is 11.9 Å². The molecule has 0 radical (unpaired) electrons. The normalized spacial score (nSPS) is 11.3. The fourth-order valence-corrected chi connectivity index (χ4v) is 1.89. The van der Waals surface area contributed by atoms with Gasteiger partial charge in [0.15, 0.2) is 0 Å². The van der Waals surface area contributed by atoms with Crippen molar-refractivity contribution >= 4 is 16.7 Å². The number of allylic oxidation sites excluding steroid dienone is 3. The molecular weight excluding hydrogens is 222 g/mol. The van der Waals surface area contributed by atoms with Gasteiger partial charge in [0.05, 0.1) is 0 Å². The quantitative estimate of drug-likeness (QED) is 0.811. The van der Waals surface area contributed by atoms with Crippen LogP contribution in [0.2, 0.25) is 0 Å². The van der Waals surface area contributed by atoms with Crippen molar-refractivity contribution in [1.29, 1.82) is 0 Å². The summed E-state index contributed by atoms with van der Waals surface area (Å²) in [5.74, 6) is -0.0950. The summed E-state index contributed by atoms with van der Waals surface area (Å²) in [5.41, 5.74) is 1.47. The first-order valence-corrected chi connectivity index (χ1v) is 5.81. The zero-order chi connectivity index (χ0) is 13.0. The summed E-state index contributed by atoms with van der Waals surface area (Å²) >= 11 is 0. The predicted octanol–water partition coefficient (Wildman–Crippen LogP) is 3.66. The Bertz CT molecular complexity index is 621. The molecule has 1 amide bonds. The van der Waals surface area contributed by atoms with Crippen LogP contribution in [0.4, 0.5) is 0 Å². The van der Waals surface area contributed by atoms with Gasteiger partial charge in [-0.25, -0.2) is 0 Å². The Morgan fingerprint density at radius 3 is 2.67 bits per heavy atom. The summed E-state index contributed by atoms with van der Waals surface area (Å²) in [6.07, 6.45) is 3.42. The van der Waals surface area contributed by atoms with E-state index in [1.165, 1.54) is 0 Å². The van der Waals surface area contributed by atoms with Crippen LogP contribution in [0.25, 0.3) is 10.8 Å². The van der Waals surface area contributed by atoms with Crippen LogP contribution in [0.5, 0.6) is 0 Å². The van der Waals surface area contributed by atoms with Crippen LogP contribution in [0.3, 0.4) is 0 Å². The molecule has 0 saturated heterocycles. The summed E-state index contributed by atoms with van der Waals surface area (Å²) in [5, 5.41) is 4.87. The molecule has 0 atom stereocenters. The van der Waals surface area contributed by atoms with Crippen LogP contribution in [0.15, 0.2) is 66.9 Å². The lowest BCUT2D eigenvalue weighted by Gasteiger charge is -2.07. The molecule has 0 saturated carbocycles. The monoisotopic (exact) mass is 237 g/mol. The van der Waals surface area contributed by atoms with Crippen LogP contribution in [-0.4, -0.2) is 5.91 Å². The molecule has 90 valence electrons.